The highest BCUT2D eigenvalue weighted by Gasteiger charge is 2.30. The summed E-state index contributed by atoms with van der Waals surface area (Å²) in [6.07, 6.45) is 0. The SMILES string of the molecule is COc1cccc(C(CCl)C(NS(=O)(=O)c2ccccc2)c2cccc(OC)c2)c1. The van der Waals surface area contributed by atoms with Crippen LogP contribution in [0.3, 0.4) is 0 Å². The minimum atomic E-state index is -3.79. The van der Waals surface area contributed by atoms with Crippen LogP contribution in [0.15, 0.2) is 83.8 Å². The summed E-state index contributed by atoms with van der Waals surface area (Å²) in [7, 11) is -0.624. The second-order valence-electron chi connectivity index (χ2n) is 6.73. The first kappa shape index (κ1) is 22.2. The molecule has 1 N–H and O–H groups in total. The van der Waals surface area contributed by atoms with E-state index < -0.39 is 16.1 Å². The lowest BCUT2D eigenvalue weighted by molar-refractivity contribution is 0.411. The average molecular weight is 446 g/mol. The number of methoxy groups -OCH3 is 2. The predicted octanol–water partition coefficient (Wildman–Crippen LogP) is 4.75. The van der Waals surface area contributed by atoms with Gasteiger partial charge in [0.1, 0.15) is 11.5 Å². The summed E-state index contributed by atoms with van der Waals surface area (Å²) in [5.74, 6) is 1.17. The van der Waals surface area contributed by atoms with Crippen molar-refractivity contribution in [1.82, 2.24) is 4.72 Å². The molecule has 158 valence electrons. The van der Waals surface area contributed by atoms with Crippen molar-refractivity contribution in [1.29, 1.82) is 0 Å². The highest BCUT2D eigenvalue weighted by molar-refractivity contribution is 7.89. The van der Waals surface area contributed by atoms with Gasteiger partial charge in [0, 0.05) is 11.8 Å². The predicted molar refractivity (Wildman–Crippen MR) is 119 cm³/mol. The first-order chi connectivity index (χ1) is 14.5. The van der Waals surface area contributed by atoms with Gasteiger partial charge >= 0.3 is 0 Å². The number of hydrogen-bond donors (Lipinski definition) is 1. The minimum Gasteiger partial charge on any atom is -0.497 e. The van der Waals surface area contributed by atoms with E-state index in [0.717, 1.165) is 11.1 Å². The van der Waals surface area contributed by atoms with Gasteiger partial charge in [0.2, 0.25) is 10.0 Å². The Kier molecular flexibility index (Phi) is 7.37. The molecular weight excluding hydrogens is 422 g/mol. The normalized spacial score (nSPS) is 13.4. The van der Waals surface area contributed by atoms with Crippen molar-refractivity contribution in [3.05, 3.63) is 90.0 Å². The Hall–Kier alpha value is -2.54. The van der Waals surface area contributed by atoms with Crippen LogP contribution in [0.5, 0.6) is 11.5 Å². The molecule has 0 bridgehead atoms. The van der Waals surface area contributed by atoms with Crippen LogP contribution in [-0.4, -0.2) is 28.5 Å². The fraction of sp³-hybridized carbons (Fsp3) is 0.217. The zero-order valence-corrected chi connectivity index (χ0v) is 18.4. The number of sulfonamides is 1. The van der Waals surface area contributed by atoms with Gasteiger partial charge in [-0.3, -0.25) is 0 Å². The van der Waals surface area contributed by atoms with Gasteiger partial charge in [-0.15, -0.1) is 11.6 Å². The third kappa shape index (κ3) is 5.14. The molecule has 3 rings (SSSR count). The third-order valence-corrected chi connectivity index (χ3v) is 6.67. The van der Waals surface area contributed by atoms with E-state index in [0.29, 0.717) is 11.5 Å². The van der Waals surface area contributed by atoms with Crippen LogP contribution in [0, 0.1) is 0 Å². The van der Waals surface area contributed by atoms with Crippen LogP contribution in [0.1, 0.15) is 23.1 Å². The van der Waals surface area contributed by atoms with Gasteiger partial charge in [0.25, 0.3) is 0 Å². The lowest BCUT2D eigenvalue weighted by Crippen LogP contribution is -2.33. The van der Waals surface area contributed by atoms with E-state index in [9.17, 15) is 8.42 Å². The summed E-state index contributed by atoms with van der Waals surface area (Å²) in [5, 5.41) is 0. The van der Waals surface area contributed by atoms with Crippen molar-refractivity contribution in [2.24, 2.45) is 0 Å². The first-order valence-electron chi connectivity index (χ1n) is 9.39. The van der Waals surface area contributed by atoms with Gasteiger partial charge in [-0.1, -0.05) is 42.5 Å². The van der Waals surface area contributed by atoms with E-state index in [1.165, 1.54) is 0 Å². The number of nitrogens with one attached hydrogen (secondary N) is 1. The van der Waals surface area contributed by atoms with Crippen LogP contribution in [-0.2, 0) is 10.0 Å². The molecule has 5 nitrogen and oxygen atoms in total. The summed E-state index contributed by atoms with van der Waals surface area (Å²) in [5.41, 5.74) is 1.62. The van der Waals surface area contributed by atoms with Gasteiger partial charge in [-0.05, 0) is 47.5 Å². The van der Waals surface area contributed by atoms with E-state index in [1.807, 2.05) is 48.5 Å². The van der Waals surface area contributed by atoms with Crippen molar-refractivity contribution in [3.8, 4) is 11.5 Å². The molecule has 0 amide bonds. The van der Waals surface area contributed by atoms with E-state index in [2.05, 4.69) is 4.72 Å². The molecule has 0 fully saturated rings. The zero-order valence-electron chi connectivity index (χ0n) is 16.8. The van der Waals surface area contributed by atoms with Crippen molar-refractivity contribution >= 4 is 21.6 Å². The first-order valence-corrected chi connectivity index (χ1v) is 11.4. The molecule has 2 atom stereocenters. The van der Waals surface area contributed by atoms with E-state index in [4.69, 9.17) is 21.1 Å². The largest absolute Gasteiger partial charge is 0.497 e. The van der Waals surface area contributed by atoms with Gasteiger partial charge in [0.05, 0.1) is 25.2 Å². The molecule has 0 aromatic heterocycles. The van der Waals surface area contributed by atoms with E-state index >= 15 is 0 Å². The molecule has 2 unspecified atom stereocenters. The number of hydrogen-bond acceptors (Lipinski definition) is 4. The Balaban J connectivity index is 2.08. The molecular formula is C23H24ClNO4S. The van der Waals surface area contributed by atoms with Crippen LogP contribution >= 0.6 is 11.6 Å². The molecule has 0 saturated carbocycles. The molecule has 30 heavy (non-hydrogen) atoms. The second kappa shape index (κ2) is 9.98. The molecule has 3 aromatic carbocycles. The lowest BCUT2D eigenvalue weighted by atomic mass is 9.89. The highest BCUT2D eigenvalue weighted by atomic mass is 35.5. The molecule has 0 aliphatic carbocycles. The van der Waals surface area contributed by atoms with E-state index in [-0.39, 0.29) is 16.7 Å². The van der Waals surface area contributed by atoms with Crippen molar-refractivity contribution in [3.63, 3.8) is 0 Å². The van der Waals surface area contributed by atoms with Crippen LogP contribution in [0.2, 0.25) is 0 Å². The lowest BCUT2D eigenvalue weighted by Gasteiger charge is -2.28. The molecule has 0 aliphatic heterocycles. The van der Waals surface area contributed by atoms with Crippen molar-refractivity contribution in [2.45, 2.75) is 16.9 Å². The molecule has 0 aliphatic rings. The topological polar surface area (TPSA) is 64.6 Å². The Morgan fingerprint density at radius 3 is 1.97 bits per heavy atom. The number of alkyl halides is 1. The number of ether oxygens (including phenoxy) is 2. The van der Waals surface area contributed by atoms with Crippen LogP contribution in [0.4, 0.5) is 0 Å². The molecule has 3 aromatic rings. The van der Waals surface area contributed by atoms with Crippen LogP contribution < -0.4 is 14.2 Å². The van der Waals surface area contributed by atoms with Gasteiger partial charge in [0.15, 0.2) is 0 Å². The standard InChI is InChI=1S/C23H24ClNO4S/c1-28-19-10-6-8-17(14-19)22(16-24)23(18-9-7-11-20(15-18)29-2)25-30(26,27)21-12-4-3-5-13-21/h3-15,22-23,25H,16H2,1-2H3. The Morgan fingerprint density at radius 1 is 0.833 bits per heavy atom. The summed E-state index contributed by atoms with van der Waals surface area (Å²) >= 11 is 6.38. The van der Waals surface area contributed by atoms with Crippen molar-refractivity contribution in [2.75, 3.05) is 20.1 Å². The maximum Gasteiger partial charge on any atom is 0.241 e. The Morgan fingerprint density at radius 2 is 1.40 bits per heavy atom. The molecule has 0 radical (unpaired) electrons. The fourth-order valence-corrected chi connectivity index (χ4v) is 4.94. The maximum absolute atomic E-state index is 13.1. The van der Waals surface area contributed by atoms with Crippen LogP contribution in [0.25, 0.3) is 0 Å². The zero-order chi connectivity index (χ0) is 21.6. The van der Waals surface area contributed by atoms with Gasteiger partial charge in [-0.2, -0.15) is 0 Å². The molecule has 0 heterocycles. The monoisotopic (exact) mass is 445 g/mol. The average Bonchev–Trinajstić information content (AvgIpc) is 2.79. The maximum atomic E-state index is 13.1. The minimum absolute atomic E-state index is 0.192. The van der Waals surface area contributed by atoms with Gasteiger partial charge in [-0.25, -0.2) is 13.1 Å². The number of halogens is 1. The summed E-state index contributed by atoms with van der Waals surface area (Å²) in [6.45, 7) is 0. The molecule has 7 heteroatoms. The Bertz CT molecular complexity index is 1070. The highest BCUT2D eigenvalue weighted by Crippen LogP contribution is 2.36. The second-order valence-corrected chi connectivity index (χ2v) is 8.75. The van der Waals surface area contributed by atoms with Crippen molar-refractivity contribution < 1.29 is 17.9 Å². The fourth-order valence-electron chi connectivity index (χ4n) is 3.30. The number of benzene rings is 3. The summed E-state index contributed by atoms with van der Waals surface area (Å²) < 4.78 is 39.8. The molecule has 0 spiro atoms. The molecule has 0 saturated heterocycles. The van der Waals surface area contributed by atoms with Gasteiger partial charge < -0.3 is 9.47 Å². The summed E-state index contributed by atoms with van der Waals surface area (Å²) in [6, 6.07) is 22.5. The number of rotatable bonds is 9. The quantitative estimate of drug-likeness (QED) is 0.483. The third-order valence-electron chi connectivity index (χ3n) is 4.88. The summed E-state index contributed by atoms with van der Waals surface area (Å²) in [4.78, 5) is 0.192. The van der Waals surface area contributed by atoms with E-state index in [1.54, 1.807) is 44.6 Å². The Labute approximate surface area is 182 Å². The smallest absolute Gasteiger partial charge is 0.241 e.